The molecular formula is C11H19F3N2. The molecule has 2 heterocycles. The van der Waals surface area contributed by atoms with Crippen LogP contribution in [0.1, 0.15) is 25.7 Å². The average Bonchev–Trinajstić information content (AvgIpc) is 2.29. The van der Waals surface area contributed by atoms with Gasteiger partial charge in [0.1, 0.15) is 6.04 Å². The number of alkyl halides is 3. The van der Waals surface area contributed by atoms with Crippen LogP contribution in [0, 0.1) is 11.8 Å². The number of halogens is 3. The number of nitrogens with one attached hydrogen (secondary N) is 2. The lowest BCUT2D eigenvalue weighted by molar-refractivity contribution is -0.163. The zero-order valence-corrected chi connectivity index (χ0v) is 9.32. The first kappa shape index (κ1) is 12.2. The molecular weight excluding hydrogens is 217 g/mol. The second-order valence-corrected chi connectivity index (χ2v) is 4.93. The molecule has 16 heavy (non-hydrogen) atoms. The van der Waals surface area contributed by atoms with Gasteiger partial charge in [-0.1, -0.05) is 0 Å². The highest BCUT2D eigenvalue weighted by Gasteiger charge is 2.42. The lowest BCUT2D eigenvalue weighted by Gasteiger charge is -2.37. The predicted molar refractivity (Wildman–Crippen MR) is 56.2 cm³/mol. The van der Waals surface area contributed by atoms with E-state index < -0.39 is 12.2 Å². The molecule has 0 amide bonds. The second kappa shape index (κ2) is 4.92. The minimum absolute atomic E-state index is 0.248. The Hall–Kier alpha value is -0.290. The molecule has 2 atom stereocenters. The third-order valence-electron chi connectivity index (χ3n) is 3.90. The maximum atomic E-state index is 12.4. The number of hydrogen-bond donors (Lipinski definition) is 2. The van der Waals surface area contributed by atoms with E-state index in [2.05, 4.69) is 10.6 Å². The van der Waals surface area contributed by atoms with E-state index in [1.54, 1.807) is 0 Å². The van der Waals surface area contributed by atoms with E-state index in [9.17, 15) is 13.2 Å². The molecule has 0 aromatic heterocycles. The van der Waals surface area contributed by atoms with Crippen molar-refractivity contribution in [2.24, 2.45) is 11.8 Å². The zero-order valence-electron chi connectivity index (χ0n) is 9.32. The van der Waals surface area contributed by atoms with Gasteiger partial charge < -0.3 is 10.6 Å². The van der Waals surface area contributed by atoms with Gasteiger partial charge in [0.05, 0.1) is 0 Å². The average molecular weight is 236 g/mol. The fourth-order valence-electron chi connectivity index (χ4n) is 2.88. The van der Waals surface area contributed by atoms with E-state index in [0.29, 0.717) is 18.4 Å². The van der Waals surface area contributed by atoms with Gasteiger partial charge in [-0.25, -0.2) is 0 Å². The fraction of sp³-hybridized carbons (Fsp3) is 1.00. The molecule has 2 saturated heterocycles. The largest absolute Gasteiger partial charge is 0.403 e. The molecule has 0 aromatic carbocycles. The van der Waals surface area contributed by atoms with Crippen LogP contribution in [0.3, 0.4) is 0 Å². The summed E-state index contributed by atoms with van der Waals surface area (Å²) in [5, 5.41) is 5.95. The van der Waals surface area contributed by atoms with Crippen molar-refractivity contribution >= 4 is 0 Å². The Balaban J connectivity index is 1.80. The van der Waals surface area contributed by atoms with Gasteiger partial charge >= 0.3 is 6.18 Å². The Morgan fingerprint density at radius 3 is 2.06 bits per heavy atom. The number of piperidine rings is 2. The van der Waals surface area contributed by atoms with Crippen molar-refractivity contribution < 1.29 is 13.2 Å². The maximum absolute atomic E-state index is 12.4. The van der Waals surface area contributed by atoms with E-state index in [1.165, 1.54) is 0 Å². The zero-order chi connectivity index (χ0) is 11.6. The molecule has 2 N–H and O–H groups in total. The monoisotopic (exact) mass is 236 g/mol. The summed E-state index contributed by atoms with van der Waals surface area (Å²) in [5.41, 5.74) is 0. The molecule has 0 bridgehead atoms. The molecule has 0 saturated carbocycles. The predicted octanol–water partition coefficient (Wildman–Crippen LogP) is 1.92. The molecule has 0 aliphatic carbocycles. The van der Waals surface area contributed by atoms with Crippen LogP contribution in [-0.2, 0) is 0 Å². The van der Waals surface area contributed by atoms with E-state index in [4.69, 9.17) is 0 Å². The molecule has 2 fully saturated rings. The highest BCUT2D eigenvalue weighted by Crippen LogP contribution is 2.33. The highest BCUT2D eigenvalue weighted by molar-refractivity contribution is 4.86. The summed E-state index contributed by atoms with van der Waals surface area (Å²) in [7, 11) is 0. The van der Waals surface area contributed by atoms with Crippen molar-refractivity contribution in [1.29, 1.82) is 0 Å². The van der Waals surface area contributed by atoms with Gasteiger partial charge in [0.15, 0.2) is 0 Å². The smallest absolute Gasteiger partial charge is 0.317 e. The summed E-state index contributed by atoms with van der Waals surface area (Å²) in [6.07, 6.45) is -0.870. The molecule has 0 radical (unpaired) electrons. The summed E-state index contributed by atoms with van der Waals surface area (Å²) in [5.74, 6) is 1.06. The third kappa shape index (κ3) is 2.88. The van der Waals surface area contributed by atoms with Gasteiger partial charge in [0.25, 0.3) is 0 Å². The minimum Gasteiger partial charge on any atom is -0.317 e. The van der Waals surface area contributed by atoms with Crippen molar-refractivity contribution in [3.05, 3.63) is 0 Å². The Morgan fingerprint density at radius 2 is 1.56 bits per heavy atom. The fourth-order valence-corrected chi connectivity index (χ4v) is 2.88. The van der Waals surface area contributed by atoms with Crippen LogP contribution in [0.15, 0.2) is 0 Å². The highest BCUT2D eigenvalue weighted by atomic mass is 19.4. The van der Waals surface area contributed by atoms with E-state index >= 15 is 0 Å². The van der Waals surface area contributed by atoms with Crippen molar-refractivity contribution in [3.8, 4) is 0 Å². The van der Waals surface area contributed by atoms with Gasteiger partial charge in [0.2, 0.25) is 0 Å². The second-order valence-electron chi connectivity index (χ2n) is 4.93. The third-order valence-corrected chi connectivity index (χ3v) is 3.90. The summed E-state index contributed by atoms with van der Waals surface area (Å²) < 4.78 is 37.3. The van der Waals surface area contributed by atoms with Gasteiger partial charge in [-0.15, -0.1) is 0 Å². The van der Waals surface area contributed by atoms with Crippen molar-refractivity contribution in [2.75, 3.05) is 19.6 Å². The summed E-state index contributed by atoms with van der Waals surface area (Å²) in [4.78, 5) is 0. The van der Waals surface area contributed by atoms with Crippen molar-refractivity contribution in [3.63, 3.8) is 0 Å². The summed E-state index contributed by atoms with van der Waals surface area (Å²) >= 11 is 0. The minimum atomic E-state index is -4.07. The molecule has 0 aromatic rings. The van der Waals surface area contributed by atoms with Gasteiger partial charge in [0, 0.05) is 0 Å². The number of rotatable bonds is 1. The molecule has 2 nitrogen and oxygen atoms in total. The first-order chi connectivity index (χ1) is 7.57. The topological polar surface area (TPSA) is 24.1 Å². The van der Waals surface area contributed by atoms with E-state index in [0.717, 1.165) is 32.4 Å². The summed E-state index contributed by atoms with van der Waals surface area (Å²) in [6.45, 7) is 2.57. The Morgan fingerprint density at radius 1 is 0.875 bits per heavy atom. The standard InChI is InChI=1S/C11H19F3N2/c12-11(13,14)10-2-1-9(7-16-10)8-3-5-15-6-4-8/h8-10,15-16H,1-7H2. The van der Waals surface area contributed by atoms with Gasteiger partial charge in [-0.3, -0.25) is 0 Å². The summed E-state index contributed by atoms with van der Waals surface area (Å²) in [6, 6.07) is -1.27. The quantitative estimate of drug-likeness (QED) is 0.727. The first-order valence-electron chi connectivity index (χ1n) is 6.08. The molecule has 2 unspecified atom stereocenters. The lowest BCUT2D eigenvalue weighted by Crippen LogP contribution is -2.50. The van der Waals surface area contributed by atoms with Crippen molar-refractivity contribution in [1.82, 2.24) is 10.6 Å². The molecule has 2 aliphatic heterocycles. The Labute approximate surface area is 94.0 Å². The van der Waals surface area contributed by atoms with E-state index in [-0.39, 0.29) is 6.42 Å². The van der Waals surface area contributed by atoms with Crippen LogP contribution >= 0.6 is 0 Å². The Bertz CT molecular complexity index is 216. The maximum Gasteiger partial charge on any atom is 0.403 e. The molecule has 5 heteroatoms. The van der Waals surface area contributed by atoms with Crippen molar-refractivity contribution in [2.45, 2.75) is 37.9 Å². The van der Waals surface area contributed by atoms with Gasteiger partial charge in [-0.05, 0) is 57.2 Å². The SMILES string of the molecule is FC(F)(F)C1CCC(C2CCNCC2)CN1. The van der Waals surface area contributed by atoms with Crippen LogP contribution in [0.5, 0.6) is 0 Å². The van der Waals surface area contributed by atoms with Crippen LogP contribution in [0.2, 0.25) is 0 Å². The normalized spacial score (nSPS) is 33.9. The number of hydrogen-bond acceptors (Lipinski definition) is 2. The molecule has 0 spiro atoms. The Kier molecular flexibility index (Phi) is 3.74. The lowest BCUT2D eigenvalue weighted by atomic mass is 9.79. The van der Waals surface area contributed by atoms with E-state index in [1.807, 2.05) is 0 Å². The van der Waals surface area contributed by atoms with Crippen LogP contribution in [0.25, 0.3) is 0 Å². The molecule has 94 valence electrons. The molecule has 2 rings (SSSR count). The molecule has 2 aliphatic rings. The van der Waals surface area contributed by atoms with Crippen LogP contribution < -0.4 is 10.6 Å². The van der Waals surface area contributed by atoms with Gasteiger partial charge in [-0.2, -0.15) is 13.2 Å². The first-order valence-corrected chi connectivity index (χ1v) is 6.08. The van der Waals surface area contributed by atoms with Crippen LogP contribution in [-0.4, -0.2) is 31.9 Å². The van der Waals surface area contributed by atoms with Crippen LogP contribution in [0.4, 0.5) is 13.2 Å².